The molecule has 1 saturated heterocycles. The fourth-order valence-corrected chi connectivity index (χ4v) is 2.41. The van der Waals surface area contributed by atoms with Gasteiger partial charge in [-0.3, -0.25) is 9.59 Å². The quantitative estimate of drug-likeness (QED) is 0.805. The van der Waals surface area contributed by atoms with Gasteiger partial charge in [-0.2, -0.15) is 0 Å². The Hall–Kier alpha value is -1.06. The predicted molar refractivity (Wildman–Crippen MR) is 65.4 cm³/mol. The Kier molecular flexibility index (Phi) is 3.15. The van der Waals surface area contributed by atoms with Gasteiger partial charge in [-0.25, -0.2) is 0 Å². The van der Waals surface area contributed by atoms with Gasteiger partial charge in [-0.15, -0.1) is 0 Å². The van der Waals surface area contributed by atoms with E-state index >= 15 is 0 Å². The Labute approximate surface area is 103 Å². The van der Waals surface area contributed by atoms with Crippen LogP contribution in [0.1, 0.15) is 46.5 Å². The van der Waals surface area contributed by atoms with Gasteiger partial charge < -0.3 is 10.2 Å². The molecule has 4 heteroatoms. The summed E-state index contributed by atoms with van der Waals surface area (Å²) in [6.07, 6.45) is 3.48. The molecule has 0 aromatic rings. The molecule has 2 unspecified atom stereocenters. The standard InChI is InChI=1S/C13H22N2O2/c1-4-9(2)11-12(17)15(13(3)6-7-13)8-5-10(16)14-11/h9,11H,4-8H2,1-3H3,(H,14,16). The van der Waals surface area contributed by atoms with Gasteiger partial charge in [0.1, 0.15) is 6.04 Å². The normalized spacial score (nSPS) is 29.6. The smallest absolute Gasteiger partial charge is 0.245 e. The van der Waals surface area contributed by atoms with Crippen molar-refractivity contribution < 1.29 is 9.59 Å². The summed E-state index contributed by atoms with van der Waals surface area (Å²) in [6.45, 7) is 6.78. The minimum absolute atomic E-state index is 0.00963. The molecule has 1 aliphatic carbocycles. The Morgan fingerprint density at radius 2 is 2.12 bits per heavy atom. The van der Waals surface area contributed by atoms with Crippen molar-refractivity contribution >= 4 is 11.8 Å². The summed E-state index contributed by atoms with van der Waals surface area (Å²) in [7, 11) is 0. The van der Waals surface area contributed by atoms with Gasteiger partial charge in [0.25, 0.3) is 0 Å². The van der Waals surface area contributed by atoms with Crippen molar-refractivity contribution in [3.05, 3.63) is 0 Å². The van der Waals surface area contributed by atoms with Crippen molar-refractivity contribution in [3.63, 3.8) is 0 Å². The molecule has 2 amide bonds. The molecule has 1 aliphatic heterocycles. The molecule has 1 heterocycles. The number of nitrogens with zero attached hydrogens (tertiary/aromatic N) is 1. The highest BCUT2D eigenvalue weighted by Crippen LogP contribution is 2.42. The number of hydrogen-bond donors (Lipinski definition) is 1. The van der Waals surface area contributed by atoms with Crippen LogP contribution in [0.5, 0.6) is 0 Å². The van der Waals surface area contributed by atoms with Gasteiger partial charge in [-0.1, -0.05) is 20.3 Å². The van der Waals surface area contributed by atoms with Crippen molar-refractivity contribution in [3.8, 4) is 0 Å². The van der Waals surface area contributed by atoms with Gasteiger partial charge in [0, 0.05) is 18.5 Å². The molecule has 0 aromatic carbocycles. The summed E-state index contributed by atoms with van der Waals surface area (Å²) in [5, 5.41) is 2.88. The van der Waals surface area contributed by atoms with E-state index < -0.39 is 0 Å². The summed E-state index contributed by atoms with van der Waals surface area (Å²) < 4.78 is 0. The summed E-state index contributed by atoms with van der Waals surface area (Å²) in [6, 6.07) is -0.326. The van der Waals surface area contributed by atoms with Crippen LogP contribution in [0.2, 0.25) is 0 Å². The SMILES string of the molecule is CCC(C)C1NC(=O)CCN(C2(C)CC2)C1=O. The largest absolute Gasteiger partial charge is 0.344 e. The Balaban J connectivity index is 2.19. The van der Waals surface area contributed by atoms with E-state index in [9.17, 15) is 9.59 Å². The van der Waals surface area contributed by atoms with Gasteiger partial charge in [0.2, 0.25) is 11.8 Å². The van der Waals surface area contributed by atoms with Crippen molar-refractivity contribution in [1.29, 1.82) is 0 Å². The Bertz CT molecular complexity index is 336. The molecule has 17 heavy (non-hydrogen) atoms. The Morgan fingerprint density at radius 1 is 1.47 bits per heavy atom. The van der Waals surface area contributed by atoms with Crippen LogP contribution in [0.4, 0.5) is 0 Å². The van der Waals surface area contributed by atoms with Crippen LogP contribution < -0.4 is 5.32 Å². The molecule has 2 aliphatic rings. The van der Waals surface area contributed by atoms with E-state index in [-0.39, 0.29) is 29.3 Å². The minimum Gasteiger partial charge on any atom is -0.344 e. The predicted octanol–water partition coefficient (Wildman–Crippen LogP) is 1.30. The van der Waals surface area contributed by atoms with Crippen molar-refractivity contribution in [2.45, 2.75) is 58.0 Å². The molecule has 96 valence electrons. The first-order chi connectivity index (χ1) is 7.98. The van der Waals surface area contributed by atoms with E-state index in [1.165, 1.54) is 0 Å². The number of carbonyl (C=O) groups excluding carboxylic acids is 2. The highest BCUT2D eigenvalue weighted by molar-refractivity contribution is 5.90. The van der Waals surface area contributed by atoms with E-state index in [1.807, 2.05) is 11.8 Å². The second kappa shape index (κ2) is 4.31. The summed E-state index contributed by atoms with van der Waals surface area (Å²) >= 11 is 0. The first-order valence-corrected chi connectivity index (χ1v) is 6.59. The summed E-state index contributed by atoms with van der Waals surface area (Å²) in [4.78, 5) is 26.1. The molecule has 2 fully saturated rings. The summed E-state index contributed by atoms with van der Waals surface area (Å²) in [5.74, 6) is 0.329. The first-order valence-electron chi connectivity index (χ1n) is 6.59. The highest BCUT2D eigenvalue weighted by atomic mass is 16.2. The number of nitrogens with one attached hydrogen (secondary N) is 1. The fraction of sp³-hybridized carbons (Fsp3) is 0.846. The highest BCUT2D eigenvalue weighted by Gasteiger charge is 2.48. The minimum atomic E-state index is -0.326. The number of hydrogen-bond acceptors (Lipinski definition) is 2. The summed E-state index contributed by atoms with van der Waals surface area (Å²) in [5.41, 5.74) is 0.0229. The monoisotopic (exact) mass is 238 g/mol. The maximum Gasteiger partial charge on any atom is 0.245 e. The second-order valence-electron chi connectivity index (χ2n) is 5.67. The lowest BCUT2D eigenvalue weighted by molar-refractivity contribution is -0.137. The fourth-order valence-electron chi connectivity index (χ4n) is 2.41. The molecular formula is C13H22N2O2. The molecule has 0 bridgehead atoms. The topological polar surface area (TPSA) is 49.4 Å². The van der Waals surface area contributed by atoms with E-state index in [1.54, 1.807) is 0 Å². The number of amides is 2. The van der Waals surface area contributed by atoms with E-state index in [2.05, 4.69) is 19.2 Å². The zero-order chi connectivity index (χ0) is 12.6. The third kappa shape index (κ3) is 2.31. The lowest BCUT2D eigenvalue weighted by atomic mass is 9.97. The molecule has 0 spiro atoms. The van der Waals surface area contributed by atoms with E-state index in [0.717, 1.165) is 19.3 Å². The maximum atomic E-state index is 12.5. The molecule has 0 radical (unpaired) electrons. The van der Waals surface area contributed by atoms with Crippen LogP contribution in [0.3, 0.4) is 0 Å². The number of rotatable bonds is 3. The average Bonchev–Trinajstić information content (AvgIpc) is 3.04. The lowest BCUT2D eigenvalue weighted by Gasteiger charge is -2.31. The van der Waals surface area contributed by atoms with Gasteiger partial charge in [0.15, 0.2) is 0 Å². The van der Waals surface area contributed by atoms with Crippen LogP contribution in [-0.2, 0) is 9.59 Å². The van der Waals surface area contributed by atoms with Crippen LogP contribution in [0.25, 0.3) is 0 Å². The molecule has 2 rings (SSSR count). The number of carbonyl (C=O) groups is 2. The van der Waals surface area contributed by atoms with Crippen LogP contribution >= 0.6 is 0 Å². The molecule has 1 N–H and O–H groups in total. The van der Waals surface area contributed by atoms with Crippen LogP contribution in [0, 0.1) is 5.92 Å². The Morgan fingerprint density at radius 3 is 2.65 bits per heavy atom. The van der Waals surface area contributed by atoms with Crippen molar-refractivity contribution in [2.24, 2.45) is 5.92 Å². The molecule has 4 nitrogen and oxygen atoms in total. The molecular weight excluding hydrogens is 216 g/mol. The van der Waals surface area contributed by atoms with Gasteiger partial charge >= 0.3 is 0 Å². The van der Waals surface area contributed by atoms with E-state index in [0.29, 0.717) is 13.0 Å². The van der Waals surface area contributed by atoms with E-state index in [4.69, 9.17) is 0 Å². The maximum absolute atomic E-state index is 12.5. The zero-order valence-electron chi connectivity index (χ0n) is 11.0. The third-order valence-corrected chi connectivity index (χ3v) is 4.25. The van der Waals surface area contributed by atoms with Gasteiger partial charge in [-0.05, 0) is 25.7 Å². The molecule has 1 saturated carbocycles. The van der Waals surface area contributed by atoms with Crippen molar-refractivity contribution in [1.82, 2.24) is 10.2 Å². The molecule has 0 aromatic heterocycles. The first kappa shape index (κ1) is 12.4. The van der Waals surface area contributed by atoms with Crippen LogP contribution in [0.15, 0.2) is 0 Å². The third-order valence-electron chi connectivity index (χ3n) is 4.25. The average molecular weight is 238 g/mol. The zero-order valence-corrected chi connectivity index (χ0v) is 11.0. The van der Waals surface area contributed by atoms with Crippen molar-refractivity contribution in [2.75, 3.05) is 6.54 Å². The van der Waals surface area contributed by atoms with Crippen LogP contribution in [-0.4, -0.2) is 34.8 Å². The lowest BCUT2D eigenvalue weighted by Crippen LogP contribution is -2.51. The molecule has 2 atom stereocenters. The van der Waals surface area contributed by atoms with Gasteiger partial charge in [0.05, 0.1) is 0 Å². The second-order valence-corrected chi connectivity index (χ2v) is 5.67.